The van der Waals surface area contributed by atoms with Gasteiger partial charge in [0.15, 0.2) is 0 Å². The summed E-state index contributed by atoms with van der Waals surface area (Å²) in [6, 6.07) is 33.1. The standard InChI is InChI=1S/C18H14P.C10H15.NO.W/c1-4-10-16(11-5-1)19(17-12-6-2-7-13-17)18-14-8-3-9-15-18;1-6-7(2)9(4)10(5)8(6)3;1-2;/h1-14H;1-5H3;;/q-1;;-1;. The van der Waals surface area contributed by atoms with E-state index in [1.54, 1.807) is 0 Å². The minimum Gasteiger partial charge on any atom is -0.577 e. The van der Waals surface area contributed by atoms with E-state index in [4.69, 9.17) is 10.5 Å². The molecule has 0 atom stereocenters. The van der Waals surface area contributed by atoms with Crippen molar-refractivity contribution in [2.24, 2.45) is 0 Å². The van der Waals surface area contributed by atoms with Crippen LogP contribution in [0.4, 0.5) is 0 Å². The van der Waals surface area contributed by atoms with Gasteiger partial charge in [0.05, 0.1) is 0 Å². The third kappa shape index (κ3) is 7.19. The molecule has 1 aliphatic rings. The van der Waals surface area contributed by atoms with Gasteiger partial charge in [-0.2, -0.15) is 30.3 Å². The molecule has 165 valence electrons. The van der Waals surface area contributed by atoms with Crippen LogP contribution in [0.25, 0.3) is 5.59 Å². The van der Waals surface area contributed by atoms with Crippen molar-refractivity contribution < 1.29 is 21.1 Å². The van der Waals surface area contributed by atoms with Crippen LogP contribution < -0.4 is 15.9 Å². The summed E-state index contributed by atoms with van der Waals surface area (Å²) in [5, 5.41) is 4.01. The number of nitroso groups, excluding NO2 is 1. The average molecular weight is 610 g/mol. The molecular formula is C28H29NOPW-2. The van der Waals surface area contributed by atoms with Crippen LogP contribution in [0.3, 0.4) is 0 Å². The Labute approximate surface area is 210 Å². The molecule has 1 aliphatic carbocycles. The Bertz CT molecular complexity index is 739. The monoisotopic (exact) mass is 610 g/mol. The van der Waals surface area contributed by atoms with Crippen molar-refractivity contribution in [3.05, 3.63) is 131 Å². The molecule has 4 heteroatoms. The second kappa shape index (κ2) is 14.5. The van der Waals surface area contributed by atoms with Gasteiger partial charge < -0.3 is 10.5 Å². The van der Waals surface area contributed by atoms with Crippen LogP contribution in [0.15, 0.2) is 84.9 Å². The molecule has 0 spiro atoms. The summed E-state index contributed by atoms with van der Waals surface area (Å²) in [6.07, 6.45) is 0. The Morgan fingerprint density at radius 1 is 0.562 bits per heavy atom. The minimum absolute atomic E-state index is 0. The molecule has 0 unspecified atom stereocenters. The van der Waals surface area contributed by atoms with Crippen molar-refractivity contribution in [1.29, 1.82) is 0 Å². The predicted molar refractivity (Wildman–Crippen MR) is 135 cm³/mol. The van der Waals surface area contributed by atoms with Crippen molar-refractivity contribution in [1.82, 2.24) is 0 Å². The van der Waals surface area contributed by atoms with E-state index in [9.17, 15) is 0 Å². The van der Waals surface area contributed by atoms with Crippen molar-refractivity contribution in [2.45, 2.75) is 34.6 Å². The zero-order valence-electron chi connectivity index (χ0n) is 19.3. The van der Waals surface area contributed by atoms with Crippen LogP contribution in [0.2, 0.25) is 0 Å². The first-order chi connectivity index (χ1) is 15.0. The SMILES string of the molecule is C[C]1[C](C)[C](C)[C](C)[C]1C.[N-]=O.[W].[c-]1ccccc1P(c1ccccc1)c1ccccc1. The largest absolute Gasteiger partial charge is 0.577 e. The summed E-state index contributed by atoms with van der Waals surface area (Å²) in [7, 11) is -0.502. The Balaban J connectivity index is 0.000000337. The third-order valence-electron chi connectivity index (χ3n) is 5.77. The fraction of sp³-hybridized carbons (Fsp3) is 0.179. The van der Waals surface area contributed by atoms with E-state index in [-0.39, 0.29) is 21.1 Å². The summed E-state index contributed by atoms with van der Waals surface area (Å²) in [5.41, 5.74) is 5.75. The molecule has 0 bridgehead atoms. The van der Waals surface area contributed by atoms with Gasteiger partial charge in [0.25, 0.3) is 0 Å². The number of benzene rings is 3. The first kappa shape index (κ1) is 28.4. The molecule has 1 saturated carbocycles. The van der Waals surface area contributed by atoms with Gasteiger partial charge in [0, 0.05) is 21.1 Å². The number of hydrogen-bond donors (Lipinski definition) is 0. The van der Waals surface area contributed by atoms with E-state index < -0.39 is 7.92 Å². The Morgan fingerprint density at radius 2 is 0.906 bits per heavy atom. The van der Waals surface area contributed by atoms with E-state index in [1.807, 2.05) is 12.1 Å². The summed E-state index contributed by atoms with van der Waals surface area (Å²) in [5.74, 6) is 7.34. The van der Waals surface area contributed by atoms with Gasteiger partial charge in [-0.05, 0) is 48.1 Å². The number of hydrogen-bond acceptors (Lipinski definition) is 1. The topological polar surface area (TPSA) is 39.4 Å². The first-order valence-electron chi connectivity index (χ1n) is 10.3. The quantitative estimate of drug-likeness (QED) is 0.246. The van der Waals surface area contributed by atoms with Crippen molar-refractivity contribution in [3.63, 3.8) is 0 Å². The van der Waals surface area contributed by atoms with Crippen molar-refractivity contribution in [3.8, 4) is 0 Å². The molecule has 0 saturated heterocycles. The first-order valence-corrected chi connectivity index (χ1v) is 11.6. The van der Waals surface area contributed by atoms with E-state index >= 15 is 0 Å². The molecule has 0 aromatic heterocycles. The normalized spacial score (nSPS) is 15.3. The summed E-state index contributed by atoms with van der Waals surface area (Å²) in [4.78, 5) is 7.25. The van der Waals surface area contributed by atoms with Crippen LogP contribution in [-0.4, -0.2) is 0 Å². The maximum Gasteiger partial charge on any atom is 0 e. The Kier molecular flexibility index (Phi) is 12.9. The van der Waals surface area contributed by atoms with E-state index in [1.165, 1.54) is 45.5 Å². The van der Waals surface area contributed by atoms with Gasteiger partial charge in [0.2, 0.25) is 0 Å². The molecule has 0 N–H and O–H groups in total. The maximum atomic E-state index is 7.25. The molecular weight excluding hydrogens is 581 g/mol. The van der Waals surface area contributed by atoms with Crippen LogP contribution >= 0.6 is 7.92 Å². The molecule has 3 aromatic rings. The fourth-order valence-corrected chi connectivity index (χ4v) is 5.74. The van der Waals surface area contributed by atoms with Crippen LogP contribution in [0.5, 0.6) is 0 Å². The average Bonchev–Trinajstić information content (AvgIpc) is 3.01. The minimum atomic E-state index is -0.502. The van der Waals surface area contributed by atoms with Gasteiger partial charge in [-0.25, -0.2) is 0 Å². The maximum absolute atomic E-state index is 7.25. The van der Waals surface area contributed by atoms with Crippen molar-refractivity contribution >= 4 is 23.8 Å². The second-order valence-electron chi connectivity index (χ2n) is 7.38. The van der Waals surface area contributed by atoms with Gasteiger partial charge >= 0.3 is 0 Å². The molecule has 0 aliphatic heterocycles. The van der Waals surface area contributed by atoms with Gasteiger partial charge in [-0.3, -0.25) is 0 Å². The van der Waals surface area contributed by atoms with E-state index in [0.29, 0.717) is 0 Å². The molecule has 3 aromatic carbocycles. The molecule has 0 heterocycles. The fourth-order valence-electron chi connectivity index (χ4n) is 3.51. The van der Waals surface area contributed by atoms with Gasteiger partial charge in [0.1, 0.15) is 0 Å². The summed E-state index contributed by atoms with van der Waals surface area (Å²) in [6.45, 7) is 11.0. The second-order valence-corrected chi connectivity index (χ2v) is 9.56. The van der Waals surface area contributed by atoms with Crippen LogP contribution in [-0.2, 0) is 21.1 Å². The zero-order chi connectivity index (χ0) is 22.8. The zero-order valence-corrected chi connectivity index (χ0v) is 23.1. The Hall–Kier alpha value is -1.62. The van der Waals surface area contributed by atoms with E-state index in [0.717, 1.165) is 0 Å². The molecule has 5 radical (unpaired) electrons. The molecule has 0 amide bonds. The predicted octanol–water partition coefficient (Wildman–Crippen LogP) is 6.54. The third-order valence-corrected chi connectivity index (χ3v) is 8.16. The molecule has 4 rings (SSSR count). The van der Waals surface area contributed by atoms with Gasteiger partial charge in [-0.15, -0.1) is 5.30 Å². The van der Waals surface area contributed by atoms with Gasteiger partial charge in [-0.1, -0.05) is 95.3 Å². The van der Waals surface area contributed by atoms with Crippen LogP contribution in [0.1, 0.15) is 34.6 Å². The summed E-state index contributed by atoms with van der Waals surface area (Å²) >= 11 is 0. The number of rotatable bonds is 3. The molecule has 1 fully saturated rings. The van der Waals surface area contributed by atoms with Crippen molar-refractivity contribution in [2.75, 3.05) is 0 Å². The van der Waals surface area contributed by atoms with Crippen LogP contribution in [0, 0.1) is 40.6 Å². The summed E-state index contributed by atoms with van der Waals surface area (Å²) < 4.78 is 0. The number of nitrogens with zero attached hydrogens (tertiary/aromatic N) is 1. The Morgan fingerprint density at radius 3 is 1.22 bits per heavy atom. The molecule has 2 nitrogen and oxygen atoms in total. The smallest absolute Gasteiger partial charge is 0 e. The van der Waals surface area contributed by atoms with E-state index in [2.05, 4.69) is 113 Å². The molecule has 32 heavy (non-hydrogen) atoms.